The third-order valence-corrected chi connectivity index (χ3v) is 5.94. The number of benzene rings is 1. The van der Waals surface area contributed by atoms with Crippen molar-refractivity contribution in [2.45, 2.75) is 32.7 Å². The summed E-state index contributed by atoms with van der Waals surface area (Å²) in [6, 6.07) is 12.2. The Kier molecular flexibility index (Phi) is 4.80. The van der Waals surface area contributed by atoms with Crippen molar-refractivity contribution < 1.29 is 4.79 Å². The molecule has 0 radical (unpaired) electrons. The van der Waals surface area contributed by atoms with E-state index in [1.54, 1.807) is 17.5 Å². The summed E-state index contributed by atoms with van der Waals surface area (Å²) in [4.78, 5) is 22.8. The van der Waals surface area contributed by atoms with Crippen LogP contribution in [0.3, 0.4) is 0 Å². The maximum atomic E-state index is 12.6. The van der Waals surface area contributed by atoms with Crippen LogP contribution >= 0.6 is 11.3 Å². The molecule has 1 aliphatic carbocycles. The minimum atomic E-state index is 0.0366. The van der Waals surface area contributed by atoms with Crippen LogP contribution in [0.2, 0.25) is 0 Å². The van der Waals surface area contributed by atoms with Gasteiger partial charge in [-0.25, -0.2) is 4.98 Å². The number of hydrogen-bond acceptors (Lipinski definition) is 4. The lowest BCUT2D eigenvalue weighted by molar-refractivity contribution is -0.125. The van der Waals surface area contributed by atoms with Gasteiger partial charge in [-0.2, -0.15) is 0 Å². The van der Waals surface area contributed by atoms with Crippen LogP contribution in [-0.2, 0) is 24.2 Å². The van der Waals surface area contributed by atoms with Crippen LogP contribution in [0.5, 0.6) is 0 Å². The number of carbonyl (C=O) groups is 1. The number of amides is 1. The van der Waals surface area contributed by atoms with Crippen molar-refractivity contribution in [3.8, 4) is 10.6 Å². The van der Waals surface area contributed by atoms with E-state index in [0.29, 0.717) is 6.54 Å². The Morgan fingerprint density at radius 1 is 1.31 bits per heavy atom. The summed E-state index contributed by atoms with van der Waals surface area (Å²) >= 11 is 1.69. The molecular formula is C21H21N3OS. The molecule has 0 saturated carbocycles. The highest BCUT2D eigenvalue weighted by atomic mass is 32.1. The topological polar surface area (TPSA) is 54.9 Å². The van der Waals surface area contributed by atoms with E-state index >= 15 is 0 Å². The summed E-state index contributed by atoms with van der Waals surface area (Å²) in [5.74, 6) is 0.183. The first kappa shape index (κ1) is 16.9. The molecule has 26 heavy (non-hydrogen) atoms. The second-order valence-corrected chi connectivity index (χ2v) is 7.86. The maximum absolute atomic E-state index is 12.6. The second-order valence-electron chi connectivity index (χ2n) is 6.78. The van der Waals surface area contributed by atoms with Gasteiger partial charge in [0, 0.05) is 35.3 Å². The van der Waals surface area contributed by atoms with Gasteiger partial charge in [0.2, 0.25) is 5.91 Å². The number of rotatable bonds is 4. The number of aryl methyl sites for hydroxylation is 2. The molecule has 0 aliphatic heterocycles. The Morgan fingerprint density at radius 2 is 2.23 bits per heavy atom. The largest absolute Gasteiger partial charge is 0.352 e. The molecule has 2 aromatic heterocycles. The van der Waals surface area contributed by atoms with Crippen molar-refractivity contribution in [1.29, 1.82) is 0 Å². The Labute approximate surface area is 157 Å². The molecule has 0 bridgehead atoms. The number of aromatic nitrogens is 2. The standard InChI is InChI=1S/C21H21N3OS/c1-14-4-2-5-15(10-14)12-23-20(25)16-7-8-18-19(11-16)26-21(24-18)17-6-3-9-22-13-17/h2-6,9-10,13,16H,7-8,11-12H2,1H3,(H,23,25). The van der Waals surface area contributed by atoms with E-state index in [2.05, 4.69) is 35.4 Å². The van der Waals surface area contributed by atoms with E-state index in [9.17, 15) is 4.79 Å². The van der Waals surface area contributed by atoms with Gasteiger partial charge in [-0.05, 0) is 43.9 Å². The van der Waals surface area contributed by atoms with Gasteiger partial charge in [-0.3, -0.25) is 9.78 Å². The van der Waals surface area contributed by atoms with Gasteiger partial charge < -0.3 is 5.32 Å². The van der Waals surface area contributed by atoms with Crippen LogP contribution in [0.4, 0.5) is 0 Å². The number of carbonyl (C=O) groups excluding carboxylic acids is 1. The van der Waals surface area contributed by atoms with Gasteiger partial charge in [-0.1, -0.05) is 29.8 Å². The third kappa shape index (κ3) is 3.68. The highest BCUT2D eigenvalue weighted by molar-refractivity contribution is 7.15. The zero-order valence-electron chi connectivity index (χ0n) is 14.7. The molecule has 3 aromatic rings. The first-order valence-corrected chi connectivity index (χ1v) is 9.73. The number of nitrogens with zero attached hydrogens (tertiary/aromatic N) is 2. The Balaban J connectivity index is 1.41. The fourth-order valence-corrected chi connectivity index (χ4v) is 4.54. The molecule has 1 N–H and O–H groups in total. The molecule has 1 unspecified atom stereocenters. The number of nitrogens with one attached hydrogen (secondary N) is 1. The van der Waals surface area contributed by atoms with Crippen LogP contribution in [0.15, 0.2) is 48.8 Å². The van der Waals surface area contributed by atoms with Crippen molar-refractivity contribution in [3.05, 3.63) is 70.5 Å². The van der Waals surface area contributed by atoms with E-state index in [0.717, 1.165) is 41.1 Å². The minimum Gasteiger partial charge on any atom is -0.352 e. The quantitative estimate of drug-likeness (QED) is 0.764. The number of fused-ring (bicyclic) bond motifs is 1. The molecule has 1 amide bonds. The molecule has 0 saturated heterocycles. The minimum absolute atomic E-state index is 0.0366. The average Bonchev–Trinajstić information content (AvgIpc) is 3.10. The van der Waals surface area contributed by atoms with E-state index in [1.807, 2.05) is 24.4 Å². The average molecular weight is 363 g/mol. The summed E-state index contributed by atoms with van der Waals surface area (Å²) in [7, 11) is 0. The molecule has 2 heterocycles. The molecule has 1 aromatic carbocycles. The SMILES string of the molecule is Cc1cccc(CNC(=O)C2CCc3nc(-c4cccnc4)sc3C2)c1. The number of thiazole rings is 1. The lowest BCUT2D eigenvalue weighted by Gasteiger charge is -2.20. The zero-order chi connectivity index (χ0) is 17.9. The molecular weight excluding hydrogens is 342 g/mol. The van der Waals surface area contributed by atoms with Crippen LogP contribution in [0.1, 0.15) is 28.1 Å². The van der Waals surface area contributed by atoms with Crippen molar-refractivity contribution >= 4 is 17.2 Å². The van der Waals surface area contributed by atoms with Crippen LogP contribution in [0, 0.1) is 12.8 Å². The summed E-state index contributed by atoms with van der Waals surface area (Å²) in [6.07, 6.45) is 6.13. The van der Waals surface area contributed by atoms with Gasteiger partial charge >= 0.3 is 0 Å². The lowest BCUT2D eigenvalue weighted by atomic mass is 9.90. The lowest BCUT2D eigenvalue weighted by Crippen LogP contribution is -2.33. The summed E-state index contributed by atoms with van der Waals surface area (Å²) in [5, 5.41) is 4.10. The first-order chi connectivity index (χ1) is 12.7. The fraction of sp³-hybridized carbons (Fsp3) is 0.286. The third-order valence-electron chi connectivity index (χ3n) is 4.77. The fourth-order valence-electron chi connectivity index (χ4n) is 3.37. The van der Waals surface area contributed by atoms with Crippen molar-refractivity contribution in [3.63, 3.8) is 0 Å². The molecule has 0 spiro atoms. The molecule has 0 fully saturated rings. The van der Waals surface area contributed by atoms with Crippen LogP contribution < -0.4 is 5.32 Å². The van der Waals surface area contributed by atoms with E-state index in [1.165, 1.54) is 10.4 Å². The summed E-state index contributed by atoms with van der Waals surface area (Å²) in [5.41, 5.74) is 4.56. The highest BCUT2D eigenvalue weighted by Gasteiger charge is 2.27. The Morgan fingerprint density at radius 3 is 3.04 bits per heavy atom. The highest BCUT2D eigenvalue weighted by Crippen LogP contribution is 2.34. The van der Waals surface area contributed by atoms with Crippen LogP contribution in [-0.4, -0.2) is 15.9 Å². The molecule has 132 valence electrons. The first-order valence-electron chi connectivity index (χ1n) is 8.91. The monoisotopic (exact) mass is 363 g/mol. The van der Waals surface area contributed by atoms with Crippen molar-refractivity contribution in [2.75, 3.05) is 0 Å². The normalized spacial score (nSPS) is 16.1. The summed E-state index contributed by atoms with van der Waals surface area (Å²) in [6.45, 7) is 2.66. The van der Waals surface area contributed by atoms with E-state index in [4.69, 9.17) is 4.98 Å². The number of pyridine rings is 1. The zero-order valence-corrected chi connectivity index (χ0v) is 15.6. The molecule has 4 nitrogen and oxygen atoms in total. The van der Waals surface area contributed by atoms with E-state index in [-0.39, 0.29) is 11.8 Å². The maximum Gasteiger partial charge on any atom is 0.223 e. The molecule has 1 aliphatic rings. The molecule has 1 atom stereocenters. The number of hydrogen-bond donors (Lipinski definition) is 1. The van der Waals surface area contributed by atoms with Crippen LogP contribution in [0.25, 0.3) is 10.6 Å². The molecule has 4 rings (SSSR count). The van der Waals surface area contributed by atoms with E-state index < -0.39 is 0 Å². The Bertz CT molecular complexity index is 920. The van der Waals surface area contributed by atoms with Crippen molar-refractivity contribution in [1.82, 2.24) is 15.3 Å². The second kappa shape index (κ2) is 7.38. The smallest absolute Gasteiger partial charge is 0.223 e. The van der Waals surface area contributed by atoms with Gasteiger partial charge in [0.15, 0.2) is 0 Å². The van der Waals surface area contributed by atoms with Gasteiger partial charge in [0.1, 0.15) is 5.01 Å². The predicted octanol–water partition coefficient (Wildman–Crippen LogP) is 3.93. The van der Waals surface area contributed by atoms with Gasteiger partial charge in [0.25, 0.3) is 0 Å². The predicted molar refractivity (Wildman–Crippen MR) is 104 cm³/mol. The van der Waals surface area contributed by atoms with Crippen molar-refractivity contribution in [2.24, 2.45) is 5.92 Å². The Hall–Kier alpha value is -2.53. The molecule has 5 heteroatoms. The van der Waals surface area contributed by atoms with Gasteiger partial charge in [0.05, 0.1) is 5.69 Å². The summed E-state index contributed by atoms with van der Waals surface area (Å²) < 4.78 is 0. The van der Waals surface area contributed by atoms with Gasteiger partial charge in [-0.15, -0.1) is 11.3 Å².